The minimum Gasteiger partial charge on any atom is -0.494 e. The van der Waals surface area contributed by atoms with Crippen LogP contribution in [0.15, 0.2) is 65.7 Å². The van der Waals surface area contributed by atoms with Gasteiger partial charge in [-0.15, -0.1) is 0 Å². The summed E-state index contributed by atoms with van der Waals surface area (Å²) in [5.41, 5.74) is 3.40. The Morgan fingerprint density at radius 1 is 1.08 bits per heavy atom. The second-order valence-electron chi connectivity index (χ2n) is 5.74. The van der Waals surface area contributed by atoms with Gasteiger partial charge in [-0.1, -0.05) is 12.1 Å². The fourth-order valence-electron chi connectivity index (χ4n) is 2.80. The number of aryl methyl sites for hydroxylation is 1. The number of hydrogen-bond donors (Lipinski definition) is 1. The van der Waals surface area contributed by atoms with Crippen molar-refractivity contribution >= 4 is 10.0 Å². The largest absolute Gasteiger partial charge is 0.494 e. The summed E-state index contributed by atoms with van der Waals surface area (Å²) in [6.45, 7) is 4.51. The van der Waals surface area contributed by atoms with Gasteiger partial charge in [-0.3, -0.25) is 0 Å². The van der Waals surface area contributed by atoms with Gasteiger partial charge < -0.3 is 9.30 Å². The number of ether oxygens (including phenoxy) is 1. The first-order valence-electron chi connectivity index (χ1n) is 7.94. The Morgan fingerprint density at radius 3 is 2.40 bits per heavy atom. The molecule has 130 valence electrons. The summed E-state index contributed by atoms with van der Waals surface area (Å²) >= 11 is 0. The summed E-state index contributed by atoms with van der Waals surface area (Å²) in [4.78, 5) is 0.0952. The molecule has 0 saturated carbocycles. The lowest BCUT2D eigenvalue weighted by atomic mass is 10.1. The number of nitrogens with zero attached hydrogens (tertiary/aromatic N) is 1. The van der Waals surface area contributed by atoms with E-state index in [0.29, 0.717) is 12.3 Å². The van der Waals surface area contributed by atoms with E-state index in [1.54, 1.807) is 18.2 Å². The van der Waals surface area contributed by atoms with Gasteiger partial charge in [-0.25, -0.2) is 13.6 Å². The first-order chi connectivity index (χ1) is 11.9. The zero-order valence-electron chi connectivity index (χ0n) is 14.1. The molecule has 0 atom stereocenters. The lowest BCUT2D eigenvalue weighted by molar-refractivity contribution is 0.340. The predicted octanol–water partition coefficient (Wildman–Crippen LogP) is 3.50. The van der Waals surface area contributed by atoms with Gasteiger partial charge in [0.25, 0.3) is 0 Å². The molecule has 0 radical (unpaired) electrons. The number of benzene rings is 2. The van der Waals surface area contributed by atoms with Crippen molar-refractivity contribution in [3.8, 4) is 22.7 Å². The fourth-order valence-corrected chi connectivity index (χ4v) is 3.53. The van der Waals surface area contributed by atoms with E-state index in [1.165, 1.54) is 6.07 Å². The zero-order chi connectivity index (χ0) is 18.0. The molecule has 0 unspecified atom stereocenters. The highest BCUT2D eigenvalue weighted by atomic mass is 32.2. The second kappa shape index (κ2) is 6.74. The van der Waals surface area contributed by atoms with Crippen LogP contribution in [0.25, 0.3) is 16.9 Å². The Hall–Kier alpha value is -2.57. The lowest BCUT2D eigenvalue weighted by Gasteiger charge is -2.13. The number of aromatic nitrogens is 1. The maximum Gasteiger partial charge on any atom is 0.240 e. The summed E-state index contributed by atoms with van der Waals surface area (Å²) in [6, 6.07) is 16.4. The normalized spacial score (nSPS) is 11.5. The van der Waals surface area contributed by atoms with E-state index in [9.17, 15) is 8.42 Å². The molecule has 3 rings (SSSR count). The predicted molar refractivity (Wildman–Crippen MR) is 98.5 cm³/mol. The van der Waals surface area contributed by atoms with Crippen molar-refractivity contribution in [2.24, 2.45) is 5.14 Å². The third-order valence-electron chi connectivity index (χ3n) is 3.85. The summed E-state index contributed by atoms with van der Waals surface area (Å²) in [6.07, 6.45) is 1.90. The van der Waals surface area contributed by atoms with E-state index in [4.69, 9.17) is 9.88 Å². The van der Waals surface area contributed by atoms with Gasteiger partial charge in [0, 0.05) is 6.20 Å². The third kappa shape index (κ3) is 3.60. The molecule has 2 N–H and O–H groups in total. The van der Waals surface area contributed by atoms with Crippen LogP contribution >= 0.6 is 0 Å². The van der Waals surface area contributed by atoms with Gasteiger partial charge in [0.2, 0.25) is 10.0 Å². The number of rotatable bonds is 5. The van der Waals surface area contributed by atoms with Crippen molar-refractivity contribution in [3.05, 3.63) is 66.4 Å². The molecule has 0 saturated heterocycles. The molecule has 0 aliphatic rings. The van der Waals surface area contributed by atoms with Gasteiger partial charge in [0.05, 0.1) is 18.0 Å². The highest BCUT2D eigenvalue weighted by molar-refractivity contribution is 7.89. The SMILES string of the molecule is CCOc1ccc(-c2cc(C)cn2-c2ccccc2S(N)(=O)=O)cc1. The van der Waals surface area contributed by atoms with Crippen LogP contribution in [-0.2, 0) is 10.0 Å². The fraction of sp³-hybridized carbons (Fsp3) is 0.158. The molecular weight excluding hydrogens is 336 g/mol. The molecule has 6 heteroatoms. The lowest BCUT2D eigenvalue weighted by Crippen LogP contribution is -2.15. The van der Waals surface area contributed by atoms with Gasteiger partial charge in [0.15, 0.2) is 0 Å². The van der Waals surface area contributed by atoms with E-state index in [2.05, 4.69) is 0 Å². The molecule has 2 aromatic carbocycles. The molecule has 1 heterocycles. The van der Waals surface area contributed by atoms with Crippen LogP contribution in [0.5, 0.6) is 5.75 Å². The molecule has 0 bridgehead atoms. The van der Waals surface area contributed by atoms with Gasteiger partial charge in [-0.05, 0) is 67.4 Å². The van der Waals surface area contributed by atoms with Crippen LogP contribution in [0.2, 0.25) is 0 Å². The van der Waals surface area contributed by atoms with E-state index < -0.39 is 10.0 Å². The molecule has 5 nitrogen and oxygen atoms in total. The van der Waals surface area contributed by atoms with Crippen molar-refractivity contribution in [1.29, 1.82) is 0 Å². The van der Waals surface area contributed by atoms with Crippen molar-refractivity contribution in [2.75, 3.05) is 6.61 Å². The van der Waals surface area contributed by atoms with Gasteiger partial charge in [0.1, 0.15) is 10.6 Å². The number of para-hydroxylation sites is 1. The first-order valence-corrected chi connectivity index (χ1v) is 9.49. The monoisotopic (exact) mass is 356 g/mol. The summed E-state index contributed by atoms with van der Waals surface area (Å²) in [5, 5.41) is 5.39. The van der Waals surface area contributed by atoms with E-state index in [1.807, 2.05) is 54.9 Å². The van der Waals surface area contributed by atoms with E-state index >= 15 is 0 Å². The molecule has 0 amide bonds. The van der Waals surface area contributed by atoms with Crippen LogP contribution in [0, 0.1) is 6.92 Å². The zero-order valence-corrected chi connectivity index (χ0v) is 15.0. The Morgan fingerprint density at radius 2 is 1.76 bits per heavy atom. The van der Waals surface area contributed by atoms with Gasteiger partial charge >= 0.3 is 0 Å². The van der Waals surface area contributed by atoms with Crippen LogP contribution in [0.3, 0.4) is 0 Å². The Labute approximate surface area is 147 Å². The standard InChI is InChI=1S/C19H20N2O3S/c1-3-24-16-10-8-15(9-11-16)18-12-14(2)13-21(18)17-6-4-5-7-19(17)25(20,22)23/h4-13H,3H2,1-2H3,(H2,20,22,23). The summed E-state index contributed by atoms with van der Waals surface area (Å²) in [7, 11) is -3.83. The van der Waals surface area contributed by atoms with Crippen LogP contribution < -0.4 is 9.88 Å². The highest BCUT2D eigenvalue weighted by Gasteiger charge is 2.17. The summed E-state index contributed by atoms with van der Waals surface area (Å²) in [5.74, 6) is 0.797. The van der Waals surface area contributed by atoms with Crippen LogP contribution in [0.1, 0.15) is 12.5 Å². The molecule has 0 aliphatic carbocycles. The van der Waals surface area contributed by atoms with Crippen molar-refractivity contribution in [2.45, 2.75) is 18.7 Å². The Kier molecular flexibility index (Phi) is 4.65. The molecule has 1 aromatic heterocycles. The van der Waals surface area contributed by atoms with Crippen LogP contribution in [0.4, 0.5) is 0 Å². The van der Waals surface area contributed by atoms with Crippen molar-refractivity contribution < 1.29 is 13.2 Å². The first kappa shape index (κ1) is 17.3. The maximum absolute atomic E-state index is 11.9. The van der Waals surface area contributed by atoms with Crippen molar-refractivity contribution in [1.82, 2.24) is 4.57 Å². The molecule has 0 spiro atoms. The number of hydrogen-bond acceptors (Lipinski definition) is 3. The number of sulfonamides is 1. The highest BCUT2D eigenvalue weighted by Crippen LogP contribution is 2.30. The average molecular weight is 356 g/mol. The molecule has 3 aromatic rings. The Balaban J connectivity index is 2.15. The molecule has 25 heavy (non-hydrogen) atoms. The van der Waals surface area contributed by atoms with Crippen molar-refractivity contribution in [3.63, 3.8) is 0 Å². The maximum atomic E-state index is 11.9. The molecule has 0 aliphatic heterocycles. The number of nitrogens with two attached hydrogens (primary N) is 1. The molecule has 0 fully saturated rings. The minimum atomic E-state index is -3.83. The third-order valence-corrected chi connectivity index (χ3v) is 4.81. The molecular formula is C19H20N2O3S. The number of primary sulfonamides is 1. The second-order valence-corrected chi connectivity index (χ2v) is 7.27. The smallest absolute Gasteiger partial charge is 0.240 e. The van der Waals surface area contributed by atoms with E-state index in [0.717, 1.165) is 22.6 Å². The van der Waals surface area contributed by atoms with E-state index in [-0.39, 0.29) is 4.90 Å². The summed E-state index contributed by atoms with van der Waals surface area (Å²) < 4.78 is 31.2. The van der Waals surface area contributed by atoms with Gasteiger partial charge in [-0.2, -0.15) is 0 Å². The average Bonchev–Trinajstić information content (AvgIpc) is 2.97. The van der Waals surface area contributed by atoms with Crippen LogP contribution in [-0.4, -0.2) is 19.6 Å². The Bertz CT molecular complexity index is 990. The minimum absolute atomic E-state index is 0.0952. The quantitative estimate of drug-likeness (QED) is 0.760. The topological polar surface area (TPSA) is 74.3 Å².